The summed E-state index contributed by atoms with van der Waals surface area (Å²) in [6.45, 7) is 1.78. The van der Waals surface area contributed by atoms with Gasteiger partial charge in [-0.15, -0.1) is 0 Å². The molecule has 2 amide bonds. The molecule has 0 aliphatic carbocycles. The lowest BCUT2D eigenvalue weighted by Gasteiger charge is -2.17. The molecule has 0 radical (unpaired) electrons. The monoisotopic (exact) mass is 452 g/mol. The summed E-state index contributed by atoms with van der Waals surface area (Å²) in [7, 11) is 0. The number of aromatic nitrogens is 2. The summed E-state index contributed by atoms with van der Waals surface area (Å²) >= 11 is 0. The number of carbonyl (C=O) groups excluding carboxylic acids is 3. The first-order chi connectivity index (χ1) is 16.4. The van der Waals surface area contributed by atoms with Gasteiger partial charge in [0.2, 0.25) is 5.78 Å². The Balaban J connectivity index is 1.60. The largest absolute Gasteiger partial charge is 0.363 e. The molecule has 1 aromatic heterocycles. The molecule has 4 aromatic rings. The summed E-state index contributed by atoms with van der Waals surface area (Å²) in [4.78, 5) is 37.2. The molecular formula is C27H24N4O3. The summed E-state index contributed by atoms with van der Waals surface area (Å²) in [5.74, 6) is -2.47. The van der Waals surface area contributed by atoms with E-state index in [0.717, 1.165) is 16.7 Å². The van der Waals surface area contributed by atoms with Crippen LogP contribution in [0.15, 0.2) is 91.0 Å². The Morgan fingerprint density at radius 3 is 2.09 bits per heavy atom. The lowest BCUT2D eigenvalue weighted by atomic mass is 10.0. The van der Waals surface area contributed by atoms with Gasteiger partial charge >= 0.3 is 0 Å². The van der Waals surface area contributed by atoms with Crippen LogP contribution in [0.25, 0.3) is 16.8 Å². The number of carbonyl (C=O) groups is 3. The summed E-state index contributed by atoms with van der Waals surface area (Å²) in [6, 6.07) is 27.3. The van der Waals surface area contributed by atoms with E-state index in [4.69, 9.17) is 5.73 Å². The standard InChI is InChI=1S/C27H24N4O3/c1-18-16-24(27(34)29-23(25(32)26(28)33)17-19-8-4-2-5-9-19)31(30-18)22-14-12-21(13-15-22)20-10-6-3-7-11-20/h2-16,23H,17H2,1H3,(H2,28,33)(H,29,34)/t23-/m0/s1. The van der Waals surface area contributed by atoms with Crippen LogP contribution < -0.4 is 11.1 Å². The van der Waals surface area contributed by atoms with Gasteiger partial charge in [0.15, 0.2) is 0 Å². The van der Waals surface area contributed by atoms with Gasteiger partial charge in [0.25, 0.3) is 11.8 Å². The number of nitrogens with one attached hydrogen (secondary N) is 1. The van der Waals surface area contributed by atoms with Crippen LogP contribution in [-0.2, 0) is 16.0 Å². The molecule has 170 valence electrons. The number of primary amides is 1. The molecule has 7 nitrogen and oxygen atoms in total. The zero-order chi connectivity index (χ0) is 24.1. The van der Waals surface area contributed by atoms with Crippen LogP contribution in [0.1, 0.15) is 21.7 Å². The number of ketones is 1. The maximum atomic E-state index is 13.2. The number of rotatable bonds is 8. The molecule has 0 aliphatic heterocycles. The first-order valence-electron chi connectivity index (χ1n) is 10.8. The van der Waals surface area contributed by atoms with Gasteiger partial charge in [0.1, 0.15) is 11.7 Å². The summed E-state index contributed by atoms with van der Waals surface area (Å²) in [5.41, 5.74) is 9.73. The summed E-state index contributed by atoms with van der Waals surface area (Å²) < 4.78 is 1.52. The van der Waals surface area contributed by atoms with Crippen molar-refractivity contribution < 1.29 is 14.4 Å². The summed E-state index contributed by atoms with van der Waals surface area (Å²) in [6.07, 6.45) is 0.146. The van der Waals surface area contributed by atoms with Crippen molar-refractivity contribution in [2.75, 3.05) is 0 Å². The molecule has 0 spiro atoms. The molecule has 0 aliphatic rings. The van der Waals surface area contributed by atoms with Gasteiger partial charge in [-0.3, -0.25) is 14.4 Å². The van der Waals surface area contributed by atoms with Gasteiger partial charge in [0, 0.05) is 6.42 Å². The summed E-state index contributed by atoms with van der Waals surface area (Å²) in [5, 5.41) is 7.13. The highest BCUT2D eigenvalue weighted by Gasteiger charge is 2.27. The smallest absolute Gasteiger partial charge is 0.287 e. The highest BCUT2D eigenvalue weighted by molar-refractivity contribution is 6.38. The van der Waals surface area contributed by atoms with Crippen molar-refractivity contribution in [2.24, 2.45) is 5.73 Å². The van der Waals surface area contributed by atoms with Crippen LogP contribution in [0.3, 0.4) is 0 Å². The van der Waals surface area contributed by atoms with Gasteiger partial charge in [0.05, 0.1) is 11.4 Å². The fourth-order valence-electron chi connectivity index (χ4n) is 3.75. The van der Waals surface area contributed by atoms with E-state index in [1.807, 2.05) is 84.9 Å². The minimum Gasteiger partial charge on any atom is -0.363 e. The second kappa shape index (κ2) is 9.95. The first kappa shape index (κ1) is 22.7. The number of aryl methyl sites for hydroxylation is 1. The zero-order valence-corrected chi connectivity index (χ0v) is 18.6. The molecule has 3 aromatic carbocycles. The predicted molar refractivity (Wildman–Crippen MR) is 129 cm³/mol. The Bertz CT molecular complexity index is 1310. The van der Waals surface area contributed by atoms with Gasteiger partial charge in [-0.1, -0.05) is 72.8 Å². The molecule has 7 heteroatoms. The highest BCUT2D eigenvalue weighted by atomic mass is 16.2. The van der Waals surface area contributed by atoms with Gasteiger partial charge in [-0.25, -0.2) is 4.68 Å². The van der Waals surface area contributed by atoms with Crippen LogP contribution in [0.5, 0.6) is 0 Å². The molecule has 1 atom stereocenters. The Hall–Kier alpha value is -4.52. The fourth-order valence-corrected chi connectivity index (χ4v) is 3.75. The lowest BCUT2D eigenvalue weighted by Crippen LogP contribution is -2.47. The van der Waals surface area contributed by atoms with Crippen molar-refractivity contribution >= 4 is 17.6 Å². The molecule has 0 bridgehead atoms. The van der Waals surface area contributed by atoms with Gasteiger partial charge < -0.3 is 11.1 Å². The Kier molecular flexibility index (Phi) is 6.64. The fraction of sp³-hybridized carbons (Fsp3) is 0.111. The minimum atomic E-state index is -1.09. The Labute approximate surface area is 197 Å². The van der Waals surface area contributed by atoms with E-state index in [9.17, 15) is 14.4 Å². The maximum absolute atomic E-state index is 13.2. The molecule has 4 rings (SSSR count). The quantitative estimate of drug-likeness (QED) is 0.400. The minimum absolute atomic E-state index is 0.146. The maximum Gasteiger partial charge on any atom is 0.287 e. The van der Waals surface area contributed by atoms with Crippen LogP contribution in [-0.4, -0.2) is 33.4 Å². The van der Waals surface area contributed by atoms with E-state index < -0.39 is 23.6 Å². The van der Waals surface area contributed by atoms with Gasteiger partial charge in [-0.05, 0) is 41.8 Å². The predicted octanol–water partition coefficient (Wildman–Crippen LogP) is 3.24. The normalized spacial score (nSPS) is 11.6. The van der Waals surface area contributed by atoms with Crippen molar-refractivity contribution in [1.29, 1.82) is 0 Å². The van der Waals surface area contributed by atoms with Crippen LogP contribution in [0.4, 0.5) is 0 Å². The second-order valence-corrected chi connectivity index (χ2v) is 7.94. The van der Waals surface area contributed by atoms with Crippen LogP contribution >= 0.6 is 0 Å². The van der Waals surface area contributed by atoms with Crippen molar-refractivity contribution in [1.82, 2.24) is 15.1 Å². The van der Waals surface area contributed by atoms with Crippen molar-refractivity contribution in [3.05, 3.63) is 108 Å². The van der Waals surface area contributed by atoms with Crippen LogP contribution in [0.2, 0.25) is 0 Å². The third-order valence-electron chi connectivity index (χ3n) is 5.43. The number of hydrogen-bond donors (Lipinski definition) is 2. The highest BCUT2D eigenvalue weighted by Crippen LogP contribution is 2.21. The molecular weight excluding hydrogens is 428 g/mol. The second-order valence-electron chi connectivity index (χ2n) is 7.94. The average molecular weight is 453 g/mol. The third kappa shape index (κ3) is 5.10. The number of benzene rings is 3. The molecule has 0 saturated carbocycles. The number of hydrogen-bond acceptors (Lipinski definition) is 4. The SMILES string of the molecule is Cc1cc(C(=O)N[C@@H](Cc2ccccc2)C(=O)C(N)=O)n(-c2ccc(-c3ccccc3)cc2)n1. The van der Waals surface area contributed by atoms with E-state index in [1.165, 1.54) is 4.68 Å². The number of nitrogens with zero attached hydrogens (tertiary/aromatic N) is 2. The molecule has 0 unspecified atom stereocenters. The van der Waals surface area contributed by atoms with Crippen molar-refractivity contribution in [3.63, 3.8) is 0 Å². The average Bonchev–Trinajstić information content (AvgIpc) is 3.26. The zero-order valence-electron chi connectivity index (χ0n) is 18.6. The van der Waals surface area contributed by atoms with E-state index in [0.29, 0.717) is 11.4 Å². The molecule has 34 heavy (non-hydrogen) atoms. The van der Waals surface area contributed by atoms with Crippen molar-refractivity contribution in [2.45, 2.75) is 19.4 Å². The number of amides is 2. The van der Waals surface area contributed by atoms with Crippen molar-refractivity contribution in [3.8, 4) is 16.8 Å². The Morgan fingerprint density at radius 1 is 0.882 bits per heavy atom. The van der Waals surface area contributed by atoms with Crippen LogP contribution in [0, 0.1) is 6.92 Å². The third-order valence-corrected chi connectivity index (χ3v) is 5.43. The van der Waals surface area contributed by atoms with E-state index >= 15 is 0 Å². The lowest BCUT2D eigenvalue weighted by molar-refractivity contribution is -0.137. The molecule has 1 heterocycles. The topological polar surface area (TPSA) is 107 Å². The van der Waals surface area contributed by atoms with E-state index in [-0.39, 0.29) is 12.1 Å². The molecule has 0 saturated heterocycles. The number of nitrogens with two attached hydrogens (primary N) is 1. The molecule has 0 fully saturated rings. The van der Waals surface area contributed by atoms with E-state index in [2.05, 4.69) is 10.4 Å². The molecule has 3 N–H and O–H groups in total. The Morgan fingerprint density at radius 2 is 1.47 bits per heavy atom. The van der Waals surface area contributed by atoms with E-state index in [1.54, 1.807) is 13.0 Å². The van der Waals surface area contributed by atoms with Gasteiger partial charge in [-0.2, -0.15) is 5.10 Å². The first-order valence-corrected chi connectivity index (χ1v) is 10.8. The number of Topliss-reactive ketones (excluding diaryl/α,β-unsaturated/α-hetero) is 1.